The van der Waals surface area contributed by atoms with Crippen LogP contribution in [0.2, 0.25) is 0 Å². The molecule has 0 spiro atoms. The molecule has 0 aliphatic carbocycles. The monoisotopic (exact) mass is 410 g/mol. The van der Waals surface area contributed by atoms with Crippen LogP contribution in [-0.4, -0.2) is 31.4 Å². The Morgan fingerprint density at radius 3 is 2.67 bits per heavy atom. The average Bonchev–Trinajstić information content (AvgIpc) is 3.48. The number of hydrogen-bond donors (Lipinski definition) is 0. The Hall–Kier alpha value is -3.05. The van der Waals surface area contributed by atoms with Crippen molar-refractivity contribution in [1.29, 1.82) is 0 Å². The van der Waals surface area contributed by atoms with Crippen LogP contribution in [0.1, 0.15) is 30.4 Å². The van der Waals surface area contributed by atoms with Crippen LogP contribution in [-0.2, 0) is 0 Å². The lowest BCUT2D eigenvalue weighted by Crippen LogP contribution is -2.30. The summed E-state index contributed by atoms with van der Waals surface area (Å²) in [6, 6.07) is 25.9. The van der Waals surface area contributed by atoms with Gasteiger partial charge in [0.2, 0.25) is 0 Å². The second-order valence-electron chi connectivity index (χ2n) is 7.97. The Morgan fingerprint density at radius 1 is 0.933 bits per heavy atom. The zero-order valence-corrected chi connectivity index (χ0v) is 17.5. The maximum Gasteiger partial charge on any atom is 0.160 e. The molecule has 4 nitrogen and oxygen atoms in total. The van der Waals surface area contributed by atoms with Gasteiger partial charge in [0.25, 0.3) is 0 Å². The Balaban J connectivity index is 1.47. The van der Waals surface area contributed by atoms with Crippen LogP contribution in [0.5, 0.6) is 0 Å². The maximum absolute atomic E-state index is 5.12. The first-order chi connectivity index (χ1) is 14.8. The van der Waals surface area contributed by atoms with Crippen LogP contribution in [0.3, 0.4) is 0 Å². The van der Waals surface area contributed by atoms with Gasteiger partial charge in [-0.25, -0.2) is 0 Å². The van der Waals surface area contributed by atoms with E-state index in [0.717, 1.165) is 17.4 Å². The predicted octanol–water partition coefficient (Wildman–Crippen LogP) is 5.61. The summed E-state index contributed by atoms with van der Waals surface area (Å²) in [7, 11) is 0. The predicted molar refractivity (Wildman–Crippen MR) is 124 cm³/mol. The normalized spacial score (nSPS) is 23.0. The van der Waals surface area contributed by atoms with Crippen LogP contribution in [0.4, 0.5) is 0 Å². The first kappa shape index (κ1) is 17.8. The van der Waals surface area contributed by atoms with Crippen LogP contribution >= 0.6 is 11.8 Å². The van der Waals surface area contributed by atoms with Crippen molar-refractivity contribution in [2.75, 3.05) is 6.54 Å². The number of aliphatic imine (C=N–C) groups is 1. The fraction of sp³-hybridized carbons (Fsp3) is 0.200. The molecule has 30 heavy (non-hydrogen) atoms. The number of hydrogen-bond acceptors (Lipinski definition) is 4. The zero-order chi connectivity index (χ0) is 20.1. The molecule has 6 rings (SSSR count). The fourth-order valence-electron chi connectivity index (χ4n) is 4.63. The van der Waals surface area contributed by atoms with Gasteiger partial charge in [-0.3, -0.25) is 9.98 Å². The lowest BCUT2D eigenvalue weighted by molar-refractivity contribution is 0.312. The van der Waals surface area contributed by atoms with Crippen molar-refractivity contribution in [3.63, 3.8) is 0 Å². The summed E-state index contributed by atoms with van der Waals surface area (Å²) in [6.45, 7) is 3.29. The van der Waals surface area contributed by atoms with Crippen molar-refractivity contribution in [3.05, 3.63) is 96.6 Å². The van der Waals surface area contributed by atoms with Gasteiger partial charge in [0.15, 0.2) is 5.17 Å². The third-order valence-corrected chi connectivity index (χ3v) is 7.08. The summed E-state index contributed by atoms with van der Waals surface area (Å²) < 4.78 is 2.32. The van der Waals surface area contributed by atoms with Gasteiger partial charge >= 0.3 is 0 Å². The Morgan fingerprint density at radius 2 is 1.80 bits per heavy atom. The number of amidine groups is 1. The van der Waals surface area contributed by atoms with E-state index >= 15 is 0 Å². The summed E-state index contributed by atoms with van der Waals surface area (Å²) in [5.74, 6) is 0. The highest BCUT2D eigenvalue weighted by Gasteiger charge is 2.44. The highest BCUT2D eigenvalue weighted by atomic mass is 32.2. The topological polar surface area (TPSA) is 33.4 Å². The summed E-state index contributed by atoms with van der Waals surface area (Å²) in [4.78, 5) is 12.3. The Kier molecular flexibility index (Phi) is 4.16. The Bertz CT molecular complexity index is 1250. The second kappa shape index (κ2) is 7.03. The van der Waals surface area contributed by atoms with E-state index in [4.69, 9.17) is 4.99 Å². The molecule has 0 saturated carbocycles. The standard InChI is InChI=1S/C25H22N4S/c1-17-16-29-24(23(27-25(29)30-17)21-9-4-5-13-26-21)22-10-6-14-28(22)20-12-11-18-7-2-3-8-19(18)15-20/h2-15,17,23-24H,16H2,1H3. The van der Waals surface area contributed by atoms with Gasteiger partial charge in [-0.05, 0) is 47.2 Å². The highest BCUT2D eigenvalue weighted by molar-refractivity contribution is 8.14. The molecule has 4 aromatic rings. The lowest BCUT2D eigenvalue weighted by atomic mass is 10.0. The molecule has 4 heterocycles. The summed E-state index contributed by atoms with van der Waals surface area (Å²) >= 11 is 1.88. The molecule has 0 amide bonds. The minimum Gasteiger partial charge on any atom is -0.339 e. The van der Waals surface area contributed by atoms with Gasteiger partial charge in [-0.1, -0.05) is 55.1 Å². The van der Waals surface area contributed by atoms with Crippen molar-refractivity contribution in [3.8, 4) is 5.69 Å². The van der Waals surface area contributed by atoms with Gasteiger partial charge in [-0.2, -0.15) is 0 Å². The number of aromatic nitrogens is 2. The van der Waals surface area contributed by atoms with E-state index in [1.54, 1.807) is 0 Å². The molecule has 2 aliphatic heterocycles. The second-order valence-corrected chi connectivity index (χ2v) is 9.38. The summed E-state index contributed by atoms with van der Waals surface area (Å²) in [5.41, 5.74) is 3.47. The average molecular weight is 411 g/mol. The maximum atomic E-state index is 5.12. The third-order valence-electron chi connectivity index (χ3n) is 5.98. The first-order valence-corrected chi connectivity index (χ1v) is 11.2. The quantitative estimate of drug-likeness (QED) is 0.440. The highest BCUT2D eigenvalue weighted by Crippen LogP contribution is 2.47. The number of fused-ring (bicyclic) bond motifs is 2. The lowest BCUT2D eigenvalue weighted by Gasteiger charge is -2.28. The third kappa shape index (κ3) is 2.84. The summed E-state index contributed by atoms with van der Waals surface area (Å²) in [5, 5.41) is 4.22. The molecule has 3 unspecified atom stereocenters. The van der Waals surface area contributed by atoms with Gasteiger partial charge in [0.05, 0.1) is 11.7 Å². The van der Waals surface area contributed by atoms with Crippen LogP contribution in [0.25, 0.3) is 16.5 Å². The largest absolute Gasteiger partial charge is 0.339 e. The number of benzene rings is 2. The molecule has 148 valence electrons. The number of rotatable bonds is 3. The van der Waals surface area contributed by atoms with Crippen molar-refractivity contribution in [1.82, 2.24) is 14.5 Å². The Labute approximate surface area is 180 Å². The van der Waals surface area contributed by atoms with E-state index in [1.807, 2.05) is 24.0 Å². The molecule has 1 saturated heterocycles. The minimum atomic E-state index is 0.00954. The minimum absolute atomic E-state index is 0.00954. The van der Waals surface area contributed by atoms with E-state index < -0.39 is 0 Å². The fourth-order valence-corrected chi connectivity index (χ4v) is 5.73. The SMILES string of the molecule is CC1CN2C(=NC(c3ccccn3)C2c2cccn2-c2ccc3ccccc3c2)S1. The van der Waals surface area contributed by atoms with E-state index in [9.17, 15) is 0 Å². The molecule has 1 fully saturated rings. The molecule has 0 N–H and O–H groups in total. The van der Waals surface area contributed by atoms with Crippen LogP contribution in [0.15, 0.2) is 90.2 Å². The molecule has 0 bridgehead atoms. The molecule has 2 aromatic carbocycles. The van der Waals surface area contributed by atoms with Crippen molar-refractivity contribution in [2.45, 2.75) is 24.3 Å². The first-order valence-electron chi connectivity index (χ1n) is 10.4. The molecule has 5 heteroatoms. The molecule has 2 aliphatic rings. The smallest absolute Gasteiger partial charge is 0.160 e. The molecule has 2 aromatic heterocycles. The summed E-state index contributed by atoms with van der Waals surface area (Å²) in [6.07, 6.45) is 4.04. The van der Waals surface area contributed by atoms with E-state index in [0.29, 0.717) is 5.25 Å². The van der Waals surface area contributed by atoms with Crippen LogP contribution < -0.4 is 0 Å². The van der Waals surface area contributed by atoms with Gasteiger partial charge < -0.3 is 9.47 Å². The molecule has 0 radical (unpaired) electrons. The number of nitrogens with zero attached hydrogens (tertiary/aromatic N) is 4. The van der Waals surface area contributed by atoms with Gasteiger partial charge in [0.1, 0.15) is 6.04 Å². The molecule has 3 atom stereocenters. The van der Waals surface area contributed by atoms with Crippen molar-refractivity contribution in [2.24, 2.45) is 4.99 Å². The molecular formula is C25H22N4S. The van der Waals surface area contributed by atoms with Crippen molar-refractivity contribution >= 4 is 27.7 Å². The number of thioether (sulfide) groups is 1. The van der Waals surface area contributed by atoms with Gasteiger partial charge in [0, 0.05) is 35.6 Å². The van der Waals surface area contributed by atoms with E-state index in [1.165, 1.54) is 22.2 Å². The zero-order valence-electron chi connectivity index (χ0n) is 16.7. The van der Waals surface area contributed by atoms with Gasteiger partial charge in [-0.15, -0.1) is 0 Å². The molecular weight excluding hydrogens is 388 g/mol. The van der Waals surface area contributed by atoms with E-state index in [2.05, 4.69) is 94.3 Å². The van der Waals surface area contributed by atoms with Crippen LogP contribution in [0, 0.1) is 0 Å². The number of pyridine rings is 1. The van der Waals surface area contributed by atoms with E-state index in [-0.39, 0.29) is 12.1 Å². The van der Waals surface area contributed by atoms with Crippen molar-refractivity contribution < 1.29 is 0 Å².